The molecule has 0 spiro atoms. The Hall–Kier alpha value is -2.80. The first-order valence-electron chi connectivity index (χ1n) is 9.28. The first-order chi connectivity index (χ1) is 13.7. The average molecular weight is 398 g/mol. The number of methoxy groups -OCH3 is 1. The Bertz CT molecular complexity index is 900. The van der Waals surface area contributed by atoms with E-state index in [0.717, 1.165) is 28.8 Å². The molecule has 28 heavy (non-hydrogen) atoms. The maximum atomic E-state index is 12.4. The van der Waals surface area contributed by atoms with Gasteiger partial charge < -0.3 is 19.1 Å². The van der Waals surface area contributed by atoms with E-state index in [1.165, 1.54) is 0 Å². The zero-order chi connectivity index (χ0) is 19.3. The highest BCUT2D eigenvalue weighted by molar-refractivity contribution is 7.20. The molecule has 4 rings (SSSR count). The topological polar surface area (TPSA) is 60.9 Å². The number of fused-ring (bicyclic) bond motifs is 1. The van der Waals surface area contributed by atoms with Gasteiger partial charge in [-0.15, -0.1) is 0 Å². The van der Waals surface area contributed by atoms with Crippen LogP contribution < -0.4 is 14.2 Å². The Kier molecular flexibility index (Phi) is 5.62. The zero-order valence-corrected chi connectivity index (χ0v) is 16.5. The summed E-state index contributed by atoms with van der Waals surface area (Å²) in [6.07, 6.45) is 1.68. The highest BCUT2D eigenvalue weighted by Crippen LogP contribution is 2.29. The maximum absolute atomic E-state index is 12.4. The molecule has 1 fully saturated rings. The third-order valence-electron chi connectivity index (χ3n) is 4.76. The molecule has 0 bridgehead atoms. The van der Waals surface area contributed by atoms with Gasteiger partial charge in [-0.3, -0.25) is 4.79 Å². The van der Waals surface area contributed by atoms with E-state index in [1.807, 2.05) is 41.3 Å². The minimum atomic E-state index is -0.00532. The van der Waals surface area contributed by atoms with Crippen LogP contribution >= 0.6 is 11.3 Å². The third kappa shape index (κ3) is 4.36. The maximum Gasteiger partial charge on any atom is 0.274 e. The molecular formula is C21H22N2O4S. The number of carbonyl (C=O) groups is 1. The molecule has 0 radical (unpaired) electrons. The van der Waals surface area contributed by atoms with Gasteiger partial charge in [-0.2, -0.15) is 0 Å². The molecule has 1 aliphatic heterocycles. The number of nitrogens with zero attached hydrogens (tertiary/aromatic N) is 2. The SMILES string of the molecule is COc1ccc(OCC(=O)N2CCC(Oc3nc4ccccc4s3)CC2)cc1. The molecule has 146 valence electrons. The number of benzene rings is 2. The van der Waals surface area contributed by atoms with Crippen LogP contribution in [0.4, 0.5) is 0 Å². The number of aromatic nitrogens is 1. The largest absolute Gasteiger partial charge is 0.497 e. The Morgan fingerprint density at radius 3 is 2.54 bits per heavy atom. The average Bonchev–Trinajstić information content (AvgIpc) is 3.15. The number of para-hydroxylation sites is 1. The highest BCUT2D eigenvalue weighted by Gasteiger charge is 2.25. The normalized spacial score (nSPS) is 14.8. The first kappa shape index (κ1) is 18.6. The van der Waals surface area contributed by atoms with Crippen LogP contribution in [0.3, 0.4) is 0 Å². The van der Waals surface area contributed by atoms with E-state index in [0.29, 0.717) is 24.0 Å². The number of hydrogen-bond acceptors (Lipinski definition) is 6. The van der Waals surface area contributed by atoms with Crippen molar-refractivity contribution in [3.8, 4) is 16.7 Å². The fourth-order valence-electron chi connectivity index (χ4n) is 3.18. The molecule has 1 aliphatic rings. The molecule has 0 unspecified atom stereocenters. The zero-order valence-electron chi connectivity index (χ0n) is 15.7. The second kappa shape index (κ2) is 8.48. The molecule has 2 aromatic carbocycles. The van der Waals surface area contributed by atoms with Crippen LogP contribution in [-0.2, 0) is 4.79 Å². The number of likely N-dealkylation sites (tertiary alicyclic amines) is 1. The molecule has 0 atom stereocenters. The number of ether oxygens (including phenoxy) is 3. The van der Waals surface area contributed by atoms with Crippen LogP contribution in [-0.4, -0.2) is 48.7 Å². The fourth-order valence-corrected chi connectivity index (χ4v) is 4.06. The Labute approximate surface area is 167 Å². The summed E-state index contributed by atoms with van der Waals surface area (Å²) in [5, 5.41) is 0.703. The van der Waals surface area contributed by atoms with Crippen molar-refractivity contribution in [1.82, 2.24) is 9.88 Å². The van der Waals surface area contributed by atoms with Crippen LogP contribution in [0.2, 0.25) is 0 Å². The van der Waals surface area contributed by atoms with Gasteiger partial charge in [0.05, 0.1) is 17.3 Å². The second-order valence-corrected chi connectivity index (χ2v) is 7.60. The first-order valence-corrected chi connectivity index (χ1v) is 10.1. The number of thiazole rings is 1. The number of rotatable bonds is 6. The van der Waals surface area contributed by atoms with Gasteiger partial charge in [0.25, 0.3) is 11.1 Å². The Morgan fingerprint density at radius 1 is 1.11 bits per heavy atom. The van der Waals surface area contributed by atoms with Crippen LogP contribution in [0.15, 0.2) is 48.5 Å². The molecule has 0 N–H and O–H groups in total. The van der Waals surface area contributed by atoms with E-state index in [4.69, 9.17) is 14.2 Å². The highest BCUT2D eigenvalue weighted by atomic mass is 32.1. The molecule has 0 saturated carbocycles. The molecular weight excluding hydrogens is 376 g/mol. The van der Waals surface area contributed by atoms with Crippen LogP contribution in [0.5, 0.6) is 16.7 Å². The van der Waals surface area contributed by atoms with Crippen molar-refractivity contribution in [2.45, 2.75) is 18.9 Å². The Morgan fingerprint density at radius 2 is 1.82 bits per heavy atom. The van der Waals surface area contributed by atoms with Crippen molar-refractivity contribution >= 4 is 27.5 Å². The van der Waals surface area contributed by atoms with Crippen LogP contribution in [0.25, 0.3) is 10.2 Å². The Balaban J connectivity index is 1.24. The van der Waals surface area contributed by atoms with Crippen molar-refractivity contribution in [1.29, 1.82) is 0 Å². The van der Waals surface area contributed by atoms with E-state index in [1.54, 1.807) is 30.6 Å². The lowest BCUT2D eigenvalue weighted by molar-refractivity contribution is -0.135. The van der Waals surface area contributed by atoms with Gasteiger partial charge in [0.2, 0.25) is 0 Å². The minimum Gasteiger partial charge on any atom is -0.497 e. The lowest BCUT2D eigenvalue weighted by atomic mass is 10.1. The van der Waals surface area contributed by atoms with Gasteiger partial charge in [-0.1, -0.05) is 23.5 Å². The summed E-state index contributed by atoms with van der Waals surface area (Å²) < 4.78 is 17.9. The second-order valence-electron chi connectivity index (χ2n) is 6.61. The van der Waals surface area contributed by atoms with E-state index >= 15 is 0 Å². The molecule has 1 aromatic heterocycles. The molecule has 1 saturated heterocycles. The molecule has 6 nitrogen and oxygen atoms in total. The summed E-state index contributed by atoms with van der Waals surface area (Å²) in [6, 6.07) is 15.2. The van der Waals surface area contributed by atoms with Crippen molar-refractivity contribution in [2.75, 3.05) is 26.8 Å². The van der Waals surface area contributed by atoms with Crippen molar-refractivity contribution in [2.24, 2.45) is 0 Å². The van der Waals surface area contributed by atoms with Gasteiger partial charge >= 0.3 is 0 Å². The minimum absolute atomic E-state index is 0.00532. The van der Waals surface area contributed by atoms with Crippen molar-refractivity contribution in [3.05, 3.63) is 48.5 Å². The molecule has 0 aliphatic carbocycles. The van der Waals surface area contributed by atoms with E-state index in [9.17, 15) is 4.79 Å². The summed E-state index contributed by atoms with van der Waals surface area (Å²) in [6.45, 7) is 1.37. The number of carbonyl (C=O) groups excluding carboxylic acids is 1. The summed E-state index contributed by atoms with van der Waals surface area (Å²) in [5.41, 5.74) is 0.964. The molecule has 3 aromatic rings. The smallest absolute Gasteiger partial charge is 0.274 e. The van der Waals surface area contributed by atoms with E-state index in [2.05, 4.69) is 4.98 Å². The molecule has 7 heteroatoms. The van der Waals surface area contributed by atoms with Gasteiger partial charge in [0, 0.05) is 25.9 Å². The van der Waals surface area contributed by atoms with E-state index < -0.39 is 0 Å². The van der Waals surface area contributed by atoms with Crippen LogP contribution in [0.1, 0.15) is 12.8 Å². The number of piperidine rings is 1. The van der Waals surface area contributed by atoms with Gasteiger partial charge in [-0.05, 0) is 36.4 Å². The third-order valence-corrected chi connectivity index (χ3v) is 5.69. The van der Waals surface area contributed by atoms with Gasteiger partial charge in [0.1, 0.15) is 17.6 Å². The lowest BCUT2D eigenvalue weighted by Crippen LogP contribution is -2.43. The molecule has 2 heterocycles. The fraction of sp³-hybridized carbons (Fsp3) is 0.333. The molecule has 1 amide bonds. The number of hydrogen-bond donors (Lipinski definition) is 0. The van der Waals surface area contributed by atoms with Gasteiger partial charge in [-0.25, -0.2) is 4.98 Å². The predicted molar refractivity (Wildman–Crippen MR) is 108 cm³/mol. The quantitative estimate of drug-likeness (QED) is 0.633. The van der Waals surface area contributed by atoms with Crippen molar-refractivity contribution < 1.29 is 19.0 Å². The predicted octanol–water partition coefficient (Wildman–Crippen LogP) is 3.75. The monoisotopic (exact) mass is 398 g/mol. The number of amides is 1. The summed E-state index contributed by atoms with van der Waals surface area (Å²) in [7, 11) is 1.61. The van der Waals surface area contributed by atoms with Crippen molar-refractivity contribution in [3.63, 3.8) is 0 Å². The summed E-state index contributed by atoms with van der Waals surface area (Å²) in [5.74, 6) is 1.41. The van der Waals surface area contributed by atoms with Crippen LogP contribution in [0, 0.1) is 0 Å². The van der Waals surface area contributed by atoms with Gasteiger partial charge in [0.15, 0.2) is 6.61 Å². The summed E-state index contributed by atoms with van der Waals surface area (Å²) in [4.78, 5) is 18.8. The summed E-state index contributed by atoms with van der Waals surface area (Å²) >= 11 is 1.56. The standard InChI is InChI=1S/C21H22N2O4S/c1-25-15-6-8-16(9-7-15)26-14-20(24)23-12-10-17(11-13-23)27-21-22-18-4-2-3-5-19(18)28-21/h2-9,17H,10-14H2,1H3. The van der Waals surface area contributed by atoms with E-state index in [-0.39, 0.29) is 18.6 Å². The lowest BCUT2D eigenvalue weighted by Gasteiger charge is -2.31.